The summed E-state index contributed by atoms with van der Waals surface area (Å²) in [5.74, 6) is 3.10. The van der Waals surface area contributed by atoms with Gasteiger partial charge in [-0.1, -0.05) is 6.08 Å². The Balaban J connectivity index is 1.90. The highest BCUT2D eigenvalue weighted by molar-refractivity contribution is 8.08. The molecule has 1 aromatic heterocycles. The number of nitrogens with zero attached hydrogens (tertiary/aromatic N) is 2. The third kappa shape index (κ3) is 2.19. The van der Waals surface area contributed by atoms with Crippen molar-refractivity contribution in [3.63, 3.8) is 0 Å². The molecule has 21 heavy (non-hydrogen) atoms. The molecule has 2 aromatic rings. The van der Waals surface area contributed by atoms with Gasteiger partial charge in [-0.25, -0.2) is 9.97 Å². The van der Waals surface area contributed by atoms with Crippen LogP contribution in [-0.4, -0.2) is 29.1 Å². The Bertz CT molecular complexity index is 745. The fourth-order valence-corrected chi connectivity index (χ4v) is 3.37. The molecule has 2 aliphatic rings. The number of allylic oxidation sites excluding steroid dienone is 1. The number of rotatable bonds is 3. The van der Waals surface area contributed by atoms with Gasteiger partial charge in [-0.3, -0.25) is 0 Å². The van der Waals surface area contributed by atoms with Crippen LogP contribution in [-0.2, 0) is 0 Å². The van der Waals surface area contributed by atoms with E-state index >= 15 is 0 Å². The number of thioether (sulfide) groups is 1. The molecule has 0 unspecified atom stereocenters. The molecule has 0 saturated carbocycles. The highest BCUT2D eigenvalue weighted by atomic mass is 32.2. The molecule has 5 nitrogen and oxygen atoms in total. The topological polar surface area (TPSA) is 53.5 Å². The molecule has 3 heterocycles. The first kappa shape index (κ1) is 12.8. The SMILES string of the molecule is CCOc1nc2cc3c(cc2nc1C1=CCCS1)OCO3. The van der Waals surface area contributed by atoms with Crippen LogP contribution in [0.15, 0.2) is 18.2 Å². The van der Waals surface area contributed by atoms with Crippen LogP contribution in [0.25, 0.3) is 15.9 Å². The predicted octanol–water partition coefficient (Wildman–Crippen LogP) is 3.24. The summed E-state index contributed by atoms with van der Waals surface area (Å²) in [4.78, 5) is 10.5. The van der Waals surface area contributed by atoms with Crippen molar-refractivity contribution in [3.05, 3.63) is 23.9 Å². The van der Waals surface area contributed by atoms with Crippen molar-refractivity contribution < 1.29 is 14.2 Å². The van der Waals surface area contributed by atoms with E-state index < -0.39 is 0 Å². The number of ether oxygens (including phenoxy) is 3. The van der Waals surface area contributed by atoms with Gasteiger partial charge >= 0.3 is 0 Å². The van der Waals surface area contributed by atoms with Crippen molar-refractivity contribution in [2.45, 2.75) is 13.3 Å². The van der Waals surface area contributed by atoms with Crippen LogP contribution in [0.2, 0.25) is 0 Å². The number of hydrogen-bond acceptors (Lipinski definition) is 6. The monoisotopic (exact) mass is 302 g/mol. The minimum absolute atomic E-state index is 0.248. The van der Waals surface area contributed by atoms with Crippen molar-refractivity contribution in [1.82, 2.24) is 9.97 Å². The van der Waals surface area contributed by atoms with Crippen molar-refractivity contribution >= 4 is 27.7 Å². The molecule has 4 rings (SSSR count). The van der Waals surface area contributed by atoms with E-state index in [2.05, 4.69) is 11.1 Å². The summed E-state index contributed by atoms with van der Waals surface area (Å²) in [6.07, 6.45) is 3.25. The number of aromatic nitrogens is 2. The van der Waals surface area contributed by atoms with Gasteiger partial charge in [-0.05, 0) is 13.3 Å². The van der Waals surface area contributed by atoms with E-state index in [1.165, 1.54) is 0 Å². The van der Waals surface area contributed by atoms with Gasteiger partial charge in [0, 0.05) is 22.8 Å². The standard InChI is InChI=1S/C15H14N2O3S/c1-2-18-15-14(13-4-3-5-21-13)16-9-6-11-12(20-8-19-11)7-10(9)17-15/h4,6-7H,2-3,5,8H2,1H3. The van der Waals surface area contributed by atoms with Crippen molar-refractivity contribution in [2.75, 3.05) is 19.2 Å². The Morgan fingerprint density at radius 3 is 2.62 bits per heavy atom. The second kappa shape index (κ2) is 5.11. The van der Waals surface area contributed by atoms with E-state index in [1.54, 1.807) is 11.8 Å². The Hall–Kier alpha value is -1.95. The number of fused-ring (bicyclic) bond motifs is 2. The first-order chi connectivity index (χ1) is 10.3. The second-order valence-corrected chi connectivity index (χ2v) is 5.85. The molecule has 0 atom stereocenters. The maximum Gasteiger partial charge on any atom is 0.241 e. The molecule has 6 heteroatoms. The maximum absolute atomic E-state index is 5.68. The molecule has 0 saturated heterocycles. The molecule has 0 bridgehead atoms. The summed E-state index contributed by atoms with van der Waals surface area (Å²) < 4.78 is 16.5. The molecule has 0 N–H and O–H groups in total. The van der Waals surface area contributed by atoms with Crippen LogP contribution < -0.4 is 14.2 Å². The van der Waals surface area contributed by atoms with E-state index in [0.29, 0.717) is 18.2 Å². The van der Waals surface area contributed by atoms with Gasteiger partial charge in [0.1, 0.15) is 5.69 Å². The third-order valence-corrected chi connectivity index (χ3v) is 4.46. The number of benzene rings is 1. The summed E-state index contributed by atoms with van der Waals surface area (Å²) >= 11 is 1.79. The van der Waals surface area contributed by atoms with Crippen molar-refractivity contribution in [1.29, 1.82) is 0 Å². The summed E-state index contributed by atoms with van der Waals surface area (Å²) in [5.41, 5.74) is 2.38. The summed E-state index contributed by atoms with van der Waals surface area (Å²) in [6, 6.07) is 3.73. The quantitative estimate of drug-likeness (QED) is 0.867. The zero-order valence-electron chi connectivity index (χ0n) is 11.6. The zero-order chi connectivity index (χ0) is 14.2. The van der Waals surface area contributed by atoms with E-state index in [0.717, 1.165) is 39.6 Å². The molecular weight excluding hydrogens is 288 g/mol. The van der Waals surface area contributed by atoms with Gasteiger partial charge in [-0.2, -0.15) is 0 Å². The summed E-state index contributed by atoms with van der Waals surface area (Å²) in [5, 5.41) is 0. The van der Waals surface area contributed by atoms with Crippen LogP contribution >= 0.6 is 11.8 Å². The lowest BCUT2D eigenvalue weighted by molar-refractivity contribution is 0.174. The van der Waals surface area contributed by atoms with Gasteiger partial charge < -0.3 is 14.2 Å². The van der Waals surface area contributed by atoms with Gasteiger partial charge in [0.25, 0.3) is 0 Å². The molecule has 1 aromatic carbocycles. The molecule has 2 aliphatic heterocycles. The fraction of sp³-hybridized carbons (Fsp3) is 0.333. The highest BCUT2D eigenvalue weighted by Crippen LogP contribution is 2.40. The van der Waals surface area contributed by atoms with E-state index in [1.807, 2.05) is 19.1 Å². The van der Waals surface area contributed by atoms with Crippen LogP contribution in [0, 0.1) is 0 Å². The second-order valence-electron chi connectivity index (χ2n) is 4.71. The van der Waals surface area contributed by atoms with Crippen LogP contribution in [0.3, 0.4) is 0 Å². The van der Waals surface area contributed by atoms with Crippen molar-refractivity contribution in [2.24, 2.45) is 0 Å². The lowest BCUT2D eigenvalue weighted by atomic mass is 10.2. The van der Waals surface area contributed by atoms with Crippen molar-refractivity contribution in [3.8, 4) is 17.4 Å². The minimum atomic E-state index is 0.248. The molecule has 0 fully saturated rings. The first-order valence-corrected chi connectivity index (χ1v) is 7.91. The Morgan fingerprint density at radius 1 is 1.19 bits per heavy atom. The van der Waals surface area contributed by atoms with Crippen LogP contribution in [0.1, 0.15) is 19.0 Å². The van der Waals surface area contributed by atoms with Gasteiger partial charge in [-0.15, -0.1) is 11.8 Å². The predicted molar refractivity (Wildman–Crippen MR) is 81.9 cm³/mol. The van der Waals surface area contributed by atoms with E-state index in [9.17, 15) is 0 Å². The largest absolute Gasteiger partial charge is 0.476 e. The summed E-state index contributed by atoms with van der Waals surface area (Å²) in [7, 11) is 0. The molecule has 0 aliphatic carbocycles. The lowest BCUT2D eigenvalue weighted by Gasteiger charge is -2.10. The average Bonchev–Trinajstić information content (AvgIpc) is 3.15. The average molecular weight is 302 g/mol. The van der Waals surface area contributed by atoms with Gasteiger partial charge in [0.05, 0.1) is 17.6 Å². The highest BCUT2D eigenvalue weighted by Gasteiger charge is 2.20. The molecule has 0 amide bonds. The summed E-state index contributed by atoms with van der Waals surface area (Å²) in [6.45, 7) is 2.76. The first-order valence-electron chi connectivity index (χ1n) is 6.92. The van der Waals surface area contributed by atoms with E-state index in [4.69, 9.17) is 19.2 Å². The minimum Gasteiger partial charge on any atom is -0.476 e. The maximum atomic E-state index is 5.68. The lowest BCUT2D eigenvalue weighted by Crippen LogP contribution is -2.01. The zero-order valence-corrected chi connectivity index (χ0v) is 12.4. The van der Waals surface area contributed by atoms with Crippen LogP contribution in [0.4, 0.5) is 0 Å². The molecule has 0 radical (unpaired) electrons. The molecule has 0 spiro atoms. The normalized spacial score (nSPS) is 16.3. The Kier molecular flexibility index (Phi) is 3.11. The van der Waals surface area contributed by atoms with E-state index in [-0.39, 0.29) is 6.79 Å². The Morgan fingerprint density at radius 2 is 1.95 bits per heavy atom. The molecule has 108 valence electrons. The fourth-order valence-electron chi connectivity index (χ4n) is 2.41. The van der Waals surface area contributed by atoms with Gasteiger partial charge in [0.15, 0.2) is 11.5 Å². The smallest absolute Gasteiger partial charge is 0.241 e. The molecular formula is C15H14N2O3S. The number of hydrogen-bond donors (Lipinski definition) is 0. The third-order valence-electron chi connectivity index (χ3n) is 3.35. The van der Waals surface area contributed by atoms with Crippen LogP contribution in [0.5, 0.6) is 17.4 Å². The van der Waals surface area contributed by atoms with Gasteiger partial charge in [0.2, 0.25) is 12.7 Å². The Labute approximate surface area is 126 Å².